The smallest absolute Gasteiger partial charge is 0.319 e. The van der Waals surface area contributed by atoms with Gasteiger partial charge in [0.15, 0.2) is 5.82 Å². The van der Waals surface area contributed by atoms with Gasteiger partial charge in [0.05, 0.1) is 25.1 Å². The Morgan fingerprint density at radius 3 is 2.71 bits per heavy atom. The predicted octanol–water partition coefficient (Wildman–Crippen LogP) is 5.54. The number of ether oxygens (including phenoxy) is 1. The zero-order valence-corrected chi connectivity index (χ0v) is 26.1. The van der Waals surface area contributed by atoms with Crippen molar-refractivity contribution in [2.24, 2.45) is 11.3 Å². The third kappa shape index (κ3) is 5.77. The van der Waals surface area contributed by atoms with Gasteiger partial charge in [-0.15, -0.1) is 0 Å². The normalized spacial score (nSPS) is 22.3. The number of rotatable bonds is 9. The second kappa shape index (κ2) is 12.1. The Kier molecular flexibility index (Phi) is 7.95. The van der Waals surface area contributed by atoms with Crippen LogP contribution in [0.25, 0.3) is 22.0 Å². The average Bonchev–Trinajstić information content (AvgIpc) is 3.40. The maximum Gasteiger partial charge on any atom is 0.319 e. The Morgan fingerprint density at radius 1 is 1.13 bits per heavy atom. The molecule has 2 aliphatic carbocycles. The lowest BCUT2D eigenvalue weighted by Crippen LogP contribution is -2.55. The van der Waals surface area contributed by atoms with Gasteiger partial charge in [-0.3, -0.25) is 4.79 Å². The van der Waals surface area contributed by atoms with Gasteiger partial charge >= 0.3 is 6.01 Å². The summed E-state index contributed by atoms with van der Waals surface area (Å²) in [5, 5.41) is 10.1. The first-order valence-corrected chi connectivity index (χ1v) is 16.4. The molecule has 3 heterocycles. The van der Waals surface area contributed by atoms with Crippen molar-refractivity contribution < 1.29 is 13.9 Å². The molecule has 3 aromatic rings. The van der Waals surface area contributed by atoms with Crippen LogP contribution in [0.1, 0.15) is 50.2 Å². The number of nitriles is 1. The van der Waals surface area contributed by atoms with E-state index in [9.17, 15) is 10.1 Å². The lowest BCUT2D eigenvalue weighted by atomic mass is 9.95. The molecule has 234 valence electrons. The number of amides is 1. The van der Waals surface area contributed by atoms with Gasteiger partial charge in [0, 0.05) is 42.5 Å². The minimum absolute atomic E-state index is 0.0963. The van der Waals surface area contributed by atoms with E-state index in [0.29, 0.717) is 48.9 Å². The van der Waals surface area contributed by atoms with E-state index in [-0.39, 0.29) is 41.1 Å². The molecule has 2 aliphatic heterocycles. The number of halogens is 1. The highest BCUT2D eigenvalue weighted by molar-refractivity contribution is 5.94. The predicted molar refractivity (Wildman–Crippen MR) is 172 cm³/mol. The Balaban J connectivity index is 1.26. The monoisotopic (exact) mass is 608 g/mol. The molecule has 0 unspecified atom stereocenters. The molecule has 9 heteroatoms. The first-order valence-electron chi connectivity index (χ1n) is 16.4. The van der Waals surface area contributed by atoms with Gasteiger partial charge in [-0.25, -0.2) is 4.39 Å². The molecule has 7 rings (SSSR count). The molecule has 0 N–H and O–H groups in total. The number of carbonyl (C=O) groups excluding carboxylic acids is 1. The number of anilines is 1. The minimum atomic E-state index is -0.374. The molecule has 8 nitrogen and oxygen atoms in total. The summed E-state index contributed by atoms with van der Waals surface area (Å²) in [6, 6.07) is 12.0. The topological polar surface area (TPSA) is 85.6 Å². The molecular formula is C36H41FN6O2. The van der Waals surface area contributed by atoms with E-state index in [0.717, 1.165) is 50.9 Å². The van der Waals surface area contributed by atoms with E-state index in [1.54, 1.807) is 4.90 Å². The number of carbonyl (C=O) groups is 1. The average molecular weight is 609 g/mol. The Labute approximate surface area is 264 Å². The number of likely N-dealkylation sites (tertiary alicyclic amines) is 1. The van der Waals surface area contributed by atoms with Crippen molar-refractivity contribution in [3.8, 4) is 23.2 Å². The Bertz CT molecular complexity index is 1670. The van der Waals surface area contributed by atoms with Crippen molar-refractivity contribution in [3.05, 3.63) is 59.9 Å². The van der Waals surface area contributed by atoms with Gasteiger partial charge in [-0.05, 0) is 86.4 Å². The number of nitrogens with zero attached hydrogens (tertiary/aromatic N) is 6. The zero-order valence-electron chi connectivity index (χ0n) is 26.1. The second-order valence-electron chi connectivity index (χ2n) is 13.6. The third-order valence-corrected chi connectivity index (χ3v) is 10.2. The summed E-state index contributed by atoms with van der Waals surface area (Å²) in [6.07, 6.45) is 8.11. The summed E-state index contributed by atoms with van der Waals surface area (Å²) in [6.45, 7) is 10.9. The fourth-order valence-corrected chi connectivity index (χ4v) is 7.65. The molecule has 2 saturated heterocycles. The van der Waals surface area contributed by atoms with E-state index in [1.165, 1.54) is 30.0 Å². The highest BCUT2D eigenvalue weighted by atomic mass is 19.1. The first-order chi connectivity index (χ1) is 21.9. The van der Waals surface area contributed by atoms with Crippen LogP contribution in [0.3, 0.4) is 0 Å². The summed E-state index contributed by atoms with van der Waals surface area (Å²) in [7, 11) is 0. The largest absolute Gasteiger partial charge is 0.463 e. The highest BCUT2D eigenvalue weighted by Gasteiger charge is 2.45. The molecule has 4 aliphatic rings. The minimum Gasteiger partial charge on any atom is -0.463 e. The maximum absolute atomic E-state index is 16.7. The molecule has 0 spiro atoms. The van der Waals surface area contributed by atoms with Crippen LogP contribution in [-0.4, -0.2) is 77.6 Å². The number of aromatic nitrogens is 2. The summed E-state index contributed by atoms with van der Waals surface area (Å²) in [5.41, 5.74) is 4.30. The van der Waals surface area contributed by atoms with Gasteiger partial charge in [-0.1, -0.05) is 37.8 Å². The van der Waals surface area contributed by atoms with E-state index in [2.05, 4.69) is 30.5 Å². The van der Waals surface area contributed by atoms with Gasteiger partial charge in [0.25, 0.3) is 0 Å². The zero-order chi connectivity index (χ0) is 31.1. The molecule has 1 amide bonds. The number of piperazine rings is 1. The van der Waals surface area contributed by atoms with E-state index >= 15 is 4.39 Å². The van der Waals surface area contributed by atoms with Crippen LogP contribution in [0.15, 0.2) is 43.0 Å². The van der Waals surface area contributed by atoms with Gasteiger partial charge < -0.3 is 19.4 Å². The van der Waals surface area contributed by atoms with Crippen LogP contribution in [0.2, 0.25) is 0 Å². The van der Waals surface area contributed by atoms with Crippen LogP contribution in [0.4, 0.5) is 10.2 Å². The lowest BCUT2D eigenvalue weighted by Gasteiger charge is -2.41. The molecule has 2 atom stereocenters. The number of fused-ring (bicyclic) bond motifs is 2. The van der Waals surface area contributed by atoms with Crippen molar-refractivity contribution in [2.45, 2.75) is 57.9 Å². The van der Waals surface area contributed by atoms with E-state index in [1.807, 2.05) is 29.2 Å². The van der Waals surface area contributed by atoms with Crippen molar-refractivity contribution in [2.75, 3.05) is 50.8 Å². The number of hydrogen-bond donors (Lipinski definition) is 0. The van der Waals surface area contributed by atoms with Crippen molar-refractivity contribution in [3.63, 3.8) is 0 Å². The number of hydrogen-bond acceptors (Lipinski definition) is 7. The maximum atomic E-state index is 16.7. The molecule has 0 bridgehead atoms. The summed E-state index contributed by atoms with van der Waals surface area (Å²) in [5.74, 6) is 0.535. The summed E-state index contributed by atoms with van der Waals surface area (Å²) in [4.78, 5) is 28.4. The SMILES string of the molecule is C=CC(=O)N1CCN(c2nc(OCC3(CN4CCCC4)CC3)nc3c(F)c(-c4cccc5c4C[C@@H](C)C5)ccc23)C[C@@H]1CC#N. The van der Waals surface area contributed by atoms with Gasteiger partial charge in [0.2, 0.25) is 5.91 Å². The van der Waals surface area contributed by atoms with Crippen LogP contribution < -0.4 is 9.64 Å². The fourth-order valence-electron chi connectivity index (χ4n) is 7.65. The van der Waals surface area contributed by atoms with Crippen LogP contribution in [-0.2, 0) is 17.6 Å². The van der Waals surface area contributed by atoms with Crippen LogP contribution in [0, 0.1) is 28.5 Å². The summed E-state index contributed by atoms with van der Waals surface area (Å²) >= 11 is 0. The van der Waals surface area contributed by atoms with Crippen molar-refractivity contribution >= 4 is 22.6 Å². The Morgan fingerprint density at radius 2 is 1.96 bits per heavy atom. The quantitative estimate of drug-likeness (QED) is 0.295. The number of benzene rings is 2. The lowest BCUT2D eigenvalue weighted by molar-refractivity contribution is -0.128. The third-order valence-electron chi connectivity index (χ3n) is 10.2. The van der Waals surface area contributed by atoms with Crippen molar-refractivity contribution in [1.29, 1.82) is 5.26 Å². The Hall–Kier alpha value is -4.03. The fraction of sp³-hybridized carbons (Fsp3) is 0.500. The van der Waals surface area contributed by atoms with Gasteiger partial charge in [0.1, 0.15) is 11.3 Å². The molecular weight excluding hydrogens is 567 g/mol. The molecule has 0 radical (unpaired) electrons. The standard InChI is InChI=1S/C36H41FN6O2/c1-3-31(44)43-18-17-42(21-26(43)11-14-38)34-29-10-9-28(27-8-6-7-25-19-24(2)20-30(25)27)32(37)33(29)39-35(40-34)45-23-36(12-13-36)22-41-15-4-5-16-41/h3,6-10,24,26H,1,4-5,11-13,15-23H2,2H3/t24-,26-/m0/s1. The van der Waals surface area contributed by atoms with Crippen LogP contribution >= 0.6 is 0 Å². The molecule has 45 heavy (non-hydrogen) atoms. The van der Waals surface area contributed by atoms with Gasteiger partial charge in [-0.2, -0.15) is 15.2 Å². The second-order valence-corrected chi connectivity index (χ2v) is 13.6. The molecule has 1 aromatic heterocycles. The van der Waals surface area contributed by atoms with Crippen LogP contribution in [0.5, 0.6) is 6.01 Å². The molecule has 2 aromatic carbocycles. The molecule has 1 saturated carbocycles. The highest BCUT2D eigenvalue weighted by Crippen LogP contribution is 2.47. The van der Waals surface area contributed by atoms with E-state index in [4.69, 9.17) is 14.7 Å². The molecule has 3 fully saturated rings. The summed E-state index contributed by atoms with van der Waals surface area (Å²) < 4.78 is 23.1. The first kappa shape index (κ1) is 29.7. The van der Waals surface area contributed by atoms with E-state index < -0.39 is 0 Å². The van der Waals surface area contributed by atoms with Crippen molar-refractivity contribution in [1.82, 2.24) is 19.8 Å².